The van der Waals surface area contributed by atoms with Gasteiger partial charge in [0.05, 0.1) is 7.11 Å². The molecule has 0 bridgehead atoms. The van der Waals surface area contributed by atoms with Gasteiger partial charge in [-0.1, -0.05) is 6.07 Å². The Bertz CT molecular complexity index is 660. The lowest BCUT2D eigenvalue weighted by molar-refractivity contribution is 0.0590. The lowest BCUT2D eigenvalue weighted by Gasteiger charge is -2.05. The van der Waals surface area contributed by atoms with Crippen LogP contribution < -0.4 is 5.56 Å². The van der Waals surface area contributed by atoms with Crippen molar-refractivity contribution in [2.45, 2.75) is 6.92 Å². The summed E-state index contributed by atoms with van der Waals surface area (Å²) in [4.78, 5) is 27.0. The predicted octanol–water partition coefficient (Wildman–Crippen LogP) is 0.495. The number of aromatic nitrogens is 2. The van der Waals surface area contributed by atoms with Crippen LogP contribution in [-0.2, 0) is 4.74 Å². The van der Waals surface area contributed by atoms with E-state index in [1.807, 2.05) is 0 Å². The van der Waals surface area contributed by atoms with Crippen LogP contribution >= 0.6 is 0 Å². The van der Waals surface area contributed by atoms with Crippen molar-refractivity contribution in [2.24, 2.45) is 0 Å². The fourth-order valence-electron chi connectivity index (χ4n) is 1.47. The summed E-state index contributed by atoms with van der Waals surface area (Å²) in [6.07, 6.45) is 1.53. The molecule has 0 aliphatic carbocycles. The zero-order chi connectivity index (χ0) is 12.6. The van der Waals surface area contributed by atoms with E-state index in [1.165, 1.54) is 10.6 Å². The zero-order valence-corrected chi connectivity index (χ0v) is 9.30. The molecule has 0 spiro atoms. The minimum Gasteiger partial charge on any atom is -0.501 e. The van der Waals surface area contributed by atoms with Crippen LogP contribution in [0, 0.1) is 6.92 Å². The number of ether oxygens (including phenoxy) is 1. The Labute approximate surface area is 96.1 Å². The number of aromatic hydroxyl groups is 1. The highest BCUT2D eigenvalue weighted by Crippen LogP contribution is 2.12. The minimum atomic E-state index is -0.845. The summed E-state index contributed by atoms with van der Waals surface area (Å²) in [5.74, 6) is -1.55. The van der Waals surface area contributed by atoms with Gasteiger partial charge in [0.1, 0.15) is 5.65 Å². The van der Waals surface area contributed by atoms with Gasteiger partial charge < -0.3 is 9.84 Å². The largest absolute Gasteiger partial charge is 0.501 e. The minimum absolute atomic E-state index is 0.277. The van der Waals surface area contributed by atoms with Crippen LogP contribution in [0.3, 0.4) is 0 Å². The molecule has 0 atom stereocenters. The van der Waals surface area contributed by atoms with Gasteiger partial charge in [-0.3, -0.25) is 9.20 Å². The molecule has 1 N–H and O–H groups in total. The summed E-state index contributed by atoms with van der Waals surface area (Å²) < 4.78 is 5.61. The highest BCUT2D eigenvalue weighted by atomic mass is 16.5. The first-order valence-corrected chi connectivity index (χ1v) is 4.85. The Morgan fingerprint density at radius 3 is 2.82 bits per heavy atom. The number of rotatable bonds is 1. The van der Waals surface area contributed by atoms with E-state index in [1.54, 1.807) is 19.1 Å². The molecule has 2 aromatic heterocycles. The first kappa shape index (κ1) is 11.1. The van der Waals surface area contributed by atoms with E-state index in [9.17, 15) is 14.7 Å². The van der Waals surface area contributed by atoms with Gasteiger partial charge in [0.15, 0.2) is 5.69 Å². The molecule has 88 valence electrons. The smallest absolute Gasteiger partial charge is 0.360 e. The Morgan fingerprint density at radius 1 is 1.47 bits per heavy atom. The van der Waals surface area contributed by atoms with Crippen molar-refractivity contribution in [3.05, 3.63) is 39.9 Å². The summed E-state index contributed by atoms with van der Waals surface area (Å²) >= 11 is 0. The average Bonchev–Trinajstić information content (AvgIpc) is 2.33. The molecular weight excluding hydrogens is 224 g/mol. The third-order valence-electron chi connectivity index (χ3n) is 2.33. The van der Waals surface area contributed by atoms with Gasteiger partial charge in [0, 0.05) is 6.20 Å². The number of methoxy groups -OCH3 is 1. The highest BCUT2D eigenvalue weighted by molar-refractivity contribution is 5.90. The summed E-state index contributed by atoms with van der Waals surface area (Å²) in [5.41, 5.74) is 0.0471. The number of carbonyl (C=O) groups is 1. The SMILES string of the molecule is COC(=O)c1nc2ccc(C)cn2c(=O)c1O. The molecule has 0 radical (unpaired) electrons. The predicted molar refractivity (Wildman–Crippen MR) is 59.2 cm³/mol. The van der Waals surface area contributed by atoms with Crippen molar-refractivity contribution in [2.75, 3.05) is 7.11 Å². The first-order chi connectivity index (χ1) is 8.04. The summed E-state index contributed by atoms with van der Waals surface area (Å²) in [6.45, 7) is 1.80. The van der Waals surface area contributed by atoms with Crippen LogP contribution in [0.5, 0.6) is 5.75 Å². The third-order valence-corrected chi connectivity index (χ3v) is 2.33. The fraction of sp³-hybridized carbons (Fsp3) is 0.182. The van der Waals surface area contributed by atoms with Crippen LogP contribution in [-0.4, -0.2) is 27.6 Å². The molecule has 0 aliphatic heterocycles. The lowest BCUT2D eigenvalue weighted by Crippen LogP contribution is -2.19. The molecule has 0 saturated carbocycles. The van der Waals surface area contributed by atoms with Crippen molar-refractivity contribution in [1.29, 1.82) is 0 Å². The normalized spacial score (nSPS) is 10.5. The molecule has 0 aromatic carbocycles. The number of pyridine rings is 1. The van der Waals surface area contributed by atoms with E-state index in [2.05, 4.69) is 9.72 Å². The average molecular weight is 234 g/mol. The number of nitrogens with zero attached hydrogens (tertiary/aromatic N) is 2. The van der Waals surface area contributed by atoms with Crippen molar-refractivity contribution in [1.82, 2.24) is 9.38 Å². The highest BCUT2D eigenvalue weighted by Gasteiger charge is 2.18. The molecule has 0 amide bonds. The van der Waals surface area contributed by atoms with E-state index in [4.69, 9.17) is 0 Å². The van der Waals surface area contributed by atoms with E-state index in [-0.39, 0.29) is 11.3 Å². The monoisotopic (exact) mass is 234 g/mol. The van der Waals surface area contributed by atoms with Gasteiger partial charge in [-0.15, -0.1) is 0 Å². The van der Waals surface area contributed by atoms with Crippen LogP contribution in [0.25, 0.3) is 5.65 Å². The Kier molecular flexibility index (Phi) is 2.55. The Hall–Kier alpha value is -2.37. The van der Waals surface area contributed by atoms with Crippen LogP contribution in [0.2, 0.25) is 0 Å². The van der Waals surface area contributed by atoms with Crippen LogP contribution in [0.1, 0.15) is 16.1 Å². The van der Waals surface area contributed by atoms with Crippen LogP contribution in [0.4, 0.5) is 0 Å². The molecule has 0 unspecified atom stereocenters. The molecule has 2 rings (SSSR count). The van der Waals surface area contributed by atoms with Crippen molar-refractivity contribution in [3.8, 4) is 5.75 Å². The van der Waals surface area contributed by atoms with E-state index in [0.717, 1.165) is 12.7 Å². The second-order valence-electron chi connectivity index (χ2n) is 3.54. The molecule has 0 aliphatic rings. The second-order valence-corrected chi connectivity index (χ2v) is 3.54. The summed E-state index contributed by atoms with van der Waals surface area (Å²) in [7, 11) is 1.15. The van der Waals surface area contributed by atoms with Gasteiger partial charge in [0.25, 0.3) is 0 Å². The van der Waals surface area contributed by atoms with Gasteiger partial charge in [-0.05, 0) is 18.6 Å². The zero-order valence-electron chi connectivity index (χ0n) is 9.30. The molecule has 2 aromatic rings. The lowest BCUT2D eigenvalue weighted by atomic mass is 10.3. The maximum Gasteiger partial charge on any atom is 0.360 e. The topological polar surface area (TPSA) is 80.9 Å². The van der Waals surface area contributed by atoms with Gasteiger partial charge >= 0.3 is 11.5 Å². The second kappa shape index (κ2) is 3.89. The molecule has 6 heteroatoms. The fourth-order valence-corrected chi connectivity index (χ4v) is 1.47. The molecule has 0 fully saturated rings. The number of hydrogen-bond acceptors (Lipinski definition) is 5. The van der Waals surface area contributed by atoms with E-state index < -0.39 is 17.3 Å². The number of carbonyl (C=O) groups excluding carboxylic acids is 1. The van der Waals surface area contributed by atoms with Gasteiger partial charge in [0.2, 0.25) is 5.75 Å². The molecule has 2 heterocycles. The number of hydrogen-bond donors (Lipinski definition) is 1. The number of aryl methyl sites for hydroxylation is 1. The van der Waals surface area contributed by atoms with Gasteiger partial charge in [-0.25, -0.2) is 9.78 Å². The number of fused-ring (bicyclic) bond motifs is 1. The quantitative estimate of drug-likeness (QED) is 0.726. The third kappa shape index (κ3) is 1.73. The summed E-state index contributed by atoms with van der Waals surface area (Å²) in [6, 6.07) is 3.34. The molecule has 6 nitrogen and oxygen atoms in total. The standard InChI is InChI=1S/C11H10N2O4/c1-6-3-4-7-12-8(11(16)17-2)9(14)10(15)13(7)5-6/h3-5,14H,1-2H3. The molecule has 0 saturated heterocycles. The Balaban J connectivity index is 2.84. The first-order valence-electron chi connectivity index (χ1n) is 4.85. The van der Waals surface area contributed by atoms with E-state index in [0.29, 0.717) is 0 Å². The van der Waals surface area contributed by atoms with Crippen LogP contribution in [0.15, 0.2) is 23.1 Å². The molecule has 17 heavy (non-hydrogen) atoms. The van der Waals surface area contributed by atoms with Gasteiger partial charge in [-0.2, -0.15) is 0 Å². The van der Waals surface area contributed by atoms with E-state index >= 15 is 0 Å². The summed E-state index contributed by atoms with van der Waals surface area (Å²) in [5, 5.41) is 9.59. The maximum absolute atomic E-state index is 11.8. The van der Waals surface area contributed by atoms with Crippen molar-refractivity contribution >= 4 is 11.6 Å². The molecular formula is C11H10N2O4. The van der Waals surface area contributed by atoms with Crippen molar-refractivity contribution in [3.63, 3.8) is 0 Å². The number of esters is 1. The maximum atomic E-state index is 11.8. The van der Waals surface area contributed by atoms with Crippen molar-refractivity contribution < 1.29 is 14.6 Å². The Morgan fingerprint density at radius 2 is 2.18 bits per heavy atom.